The number of benzene rings is 2. The zero-order valence-electron chi connectivity index (χ0n) is 18.3. The average molecular weight is 434 g/mol. The third-order valence-electron chi connectivity index (χ3n) is 5.95. The minimum Gasteiger partial charge on any atom is -0.329 e. The molecule has 1 fully saturated rings. The number of aryl methyl sites for hydroxylation is 1. The van der Waals surface area contributed by atoms with Crippen molar-refractivity contribution in [2.24, 2.45) is 0 Å². The molecule has 2 aliphatic rings. The Hall–Kier alpha value is -3.68. The number of imide groups is 1. The van der Waals surface area contributed by atoms with Crippen LogP contribution in [0.2, 0.25) is 0 Å². The van der Waals surface area contributed by atoms with Gasteiger partial charge in [-0.15, -0.1) is 0 Å². The maximum Gasteiger partial charge on any atom is 0.319 e. The molecule has 8 heteroatoms. The molecule has 1 atom stereocenters. The Morgan fingerprint density at radius 2 is 1.91 bits per heavy atom. The number of urea groups is 1. The fourth-order valence-electron chi connectivity index (χ4n) is 4.20. The lowest BCUT2D eigenvalue weighted by Gasteiger charge is -2.29. The fourth-order valence-corrected chi connectivity index (χ4v) is 4.20. The molecule has 0 aromatic heterocycles. The summed E-state index contributed by atoms with van der Waals surface area (Å²) in [5.41, 5.74) is 3.31. The number of hydrogen-bond donors (Lipinski definition) is 3. The van der Waals surface area contributed by atoms with Crippen molar-refractivity contribution in [3.05, 3.63) is 64.7 Å². The van der Waals surface area contributed by atoms with E-state index in [0.717, 1.165) is 16.7 Å². The van der Waals surface area contributed by atoms with E-state index in [0.29, 0.717) is 17.7 Å². The molecule has 32 heavy (non-hydrogen) atoms. The van der Waals surface area contributed by atoms with Crippen LogP contribution in [0.25, 0.3) is 0 Å². The van der Waals surface area contributed by atoms with Gasteiger partial charge < -0.3 is 15.5 Å². The number of rotatable bonds is 4. The highest BCUT2D eigenvalue weighted by atomic mass is 16.2. The molecule has 0 radical (unpaired) electrons. The predicted molar refractivity (Wildman–Crippen MR) is 119 cm³/mol. The third-order valence-corrected chi connectivity index (χ3v) is 5.95. The molecule has 0 saturated carbocycles. The van der Waals surface area contributed by atoms with Gasteiger partial charge in [0.15, 0.2) is 0 Å². The molecule has 1 unspecified atom stereocenters. The minimum absolute atomic E-state index is 0.209. The highest BCUT2D eigenvalue weighted by Gasteiger charge is 2.39. The van der Waals surface area contributed by atoms with Crippen molar-refractivity contribution >= 4 is 29.4 Å². The summed E-state index contributed by atoms with van der Waals surface area (Å²) in [6.45, 7) is 6.12. The first-order valence-electron chi connectivity index (χ1n) is 10.6. The molecule has 2 aliphatic heterocycles. The van der Waals surface area contributed by atoms with Gasteiger partial charge in [0.1, 0.15) is 6.04 Å². The number of nitrogens with zero attached hydrogens (tertiary/aromatic N) is 1. The molecule has 4 rings (SSSR count). The van der Waals surface area contributed by atoms with E-state index >= 15 is 0 Å². The maximum absolute atomic E-state index is 12.8. The number of anilines is 1. The lowest BCUT2D eigenvalue weighted by molar-refractivity contribution is -0.136. The van der Waals surface area contributed by atoms with E-state index in [9.17, 15) is 19.2 Å². The summed E-state index contributed by atoms with van der Waals surface area (Å²) in [5.74, 6) is -1.01. The van der Waals surface area contributed by atoms with Gasteiger partial charge in [-0.05, 0) is 56.5 Å². The number of amides is 5. The van der Waals surface area contributed by atoms with Crippen molar-refractivity contribution < 1.29 is 19.2 Å². The van der Waals surface area contributed by atoms with Crippen LogP contribution in [-0.4, -0.2) is 34.7 Å². The average Bonchev–Trinajstić information content (AvgIpc) is 3.03. The van der Waals surface area contributed by atoms with Gasteiger partial charge in [-0.1, -0.05) is 29.8 Å². The molecule has 166 valence electrons. The van der Waals surface area contributed by atoms with E-state index in [1.165, 1.54) is 4.90 Å². The van der Waals surface area contributed by atoms with Gasteiger partial charge in [0.05, 0.1) is 5.54 Å². The molecule has 2 aromatic carbocycles. The largest absolute Gasteiger partial charge is 0.329 e. The predicted octanol–water partition coefficient (Wildman–Crippen LogP) is 2.81. The van der Waals surface area contributed by atoms with Crippen molar-refractivity contribution in [2.45, 2.75) is 51.7 Å². The summed E-state index contributed by atoms with van der Waals surface area (Å²) in [4.78, 5) is 50.5. The number of hydrogen-bond acceptors (Lipinski definition) is 4. The van der Waals surface area contributed by atoms with Crippen LogP contribution in [0, 0.1) is 6.92 Å². The minimum atomic E-state index is -0.664. The summed E-state index contributed by atoms with van der Waals surface area (Å²) in [6, 6.07) is 12.0. The van der Waals surface area contributed by atoms with Crippen molar-refractivity contribution in [1.82, 2.24) is 15.5 Å². The number of carbonyl (C=O) groups excluding carboxylic acids is 4. The van der Waals surface area contributed by atoms with Crippen LogP contribution < -0.4 is 16.0 Å². The Labute approximate surface area is 186 Å². The van der Waals surface area contributed by atoms with Crippen molar-refractivity contribution in [3.63, 3.8) is 0 Å². The topological polar surface area (TPSA) is 108 Å². The molecule has 3 N–H and O–H groups in total. The summed E-state index contributed by atoms with van der Waals surface area (Å²) in [6.07, 6.45) is 0.520. The first-order chi connectivity index (χ1) is 15.1. The number of piperidine rings is 1. The highest BCUT2D eigenvalue weighted by Crippen LogP contribution is 2.29. The lowest BCUT2D eigenvalue weighted by atomic mass is 9.93. The monoisotopic (exact) mass is 434 g/mol. The summed E-state index contributed by atoms with van der Waals surface area (Å²) < 4.78 is 0. The molecule has 1 saturated heterocycles. The summed E-state index contributed by atoms with van der Waals surface area (Å²) >= 11 is 0. The Bertz CT molecular complexity index is 1120. The van der Waals surface area contributed by atoms with Crippen molar-refractivity contribution in [1.29, 1.82) is 0 Å². The number of fused-ring (bicyclic) bond motifs is 1. The van der Waals surface area contributed by atoms with Crippen LogP contribution in [0.1, 0.15) is 53.7 Å². The van der Waals surface area contributed by atoms with E-state index < -0.39 is 17.5 Å². The Morgan fingerprint density at radius 3 is 2.62 bits per heavy atom. The smallest absolute Gasteiger partial charge is 0.319 e. The van der Waals surface area contributed by atoms with Gasteiger partial charge in [0.2, 0.25) is 11.8 Å². The van der Waals surface area contributed by atoms with E-state index in [-0.39, 0.29) is 30.8 Å². The molecule has 2 heterocycles. The fraction of sp³-hybridized carbons (Fsp3) is 0.333. The molecule has 8 nitrogen and oxygen atoms in total. The first kappa shape index (κ1) is 21.5. The normalized spacial score (nSPS) is 18.3. The molecule has 0 bridgehead atoms. The van der Waals surface area contributed by atoms with Crippen LogP contribution in [0.15, 0.2) is 42.5 Å². The maximum atomic E-state index is 12.8. The third kappa shape index (κ3) is 4.21. The SMILES string of the molecule is Cc1cccc(C(C)(C)NC(=O)Nc2ccc3c(c2)CN(C2CCC(=O)NC2=O)C3=O)c1. The van der Waals surface area contributed by atoms with Crippen LogP contribution in [0.3, 0.4) is 0 Å². The van der Waals surface area contributed by atoms with Crippen LogP contribution in [0.4, 0.5) is 10.5 Å². The van der Waals surface area contributed by atoms with Crippen LogP contribution in [0.5, 0.6) is 0 Å². The Kier molecular flexibility index (Phi) is 5.46. The quantitative estimate of drug-likeness (QED) is 0.643. The van der Waals surface area contributed by atoms with Gasteiger partial charge in [0.25, 0.3) is 5.91 Å². The van der Waals surface area contributed by atoms with Gasteiger partial charge in [-0.3, -0.25) is 19.7 Å². The zero-order valence-corrected chi connectivity index (χ0v) is 18.3. The van der Waals surface area contributed by atoms with E-state index in [4.69, 9.17) is 0 Å². The molecular weight excluding hydrogens is 408 g/mol. The molecule has 5 amide bonds. The van der Waals surface area contributed by atoms with Crippen molar-refractivity contribution in [2.75, 3.05) is 5.32 Å². The summed E-state index contributed by atoms with van der Waals surface area (Å²) in [7, 11) is 0. The van der Waals surface area contributed by atoms with Gasteiger partial charge in [0, 0.05) is 24.2 Å². The van der Waals surface area contributed by atoms with Crippen LogP contribution in [-0.2, 0) is 21.7 Å². The van der Waals surface area contributed by atoms with E-state index in [1.807, 2.05) is 45.0 Å². The zero-order chi connectivity index (χ0) is 23.0. The van der Waals surface area contributed by atoms with Crippen molar-refractivity contribution in [3.8, 4) is 0 Å². The second-order valence-electron chi connectivity index (χ2n) is 8.85. The van der Waals surface area contributed by atoms with Gasteiger partial charge in [-0.2, -0.15) is 0 Å². The van der Waals surface area contributed by atoms with Crippen LogP contribution >= 0.6 is 0 Å². The van der Waals surface area contributed by atoms with Gasteiger partial charge >= 0.3 is 6.03 Å². The van der Waals surface area contributed by atoms with E-state index in [2.05, 4.69) is 16.0 Å². The first-order valence-corrected chi connectivity index (χ1v) is 10.6. The number of carbonyl (C=O) groups is 4. The molecule has 0 aliphatic carbocycles. The van der Waals surface area contributed by atoms with Gasteiger partial charge in [-0.25, -0.2) is 4.79 Å². The second kappa shape index (κ2) is 8.11. The number of nitrogens with one attached hydrogen (secondary N) is 3. The van der Waals surface area contributed by atoms with E-state index in [1.54, 1.807) is 18.2 Å². The summed E-state index contributed by atoms with van der Waals surface area (Å²) in [5, 5.41) is 8.11. The standard InChI is InChI=1S/C24H26N4O4/c1-14-5-4-6-16(11-14)24(2,3)27-23(32)25-17-7-8-18-15(12-17)13-28(22(18)31)19-9-10-20(29)26-21(19)30/h4-8,11-12,19H,9-10,13H2,1-3H3,(H2,25,27,32)(H,26,29,30). The lowest BCUT2D eigenvalue weighted by Crippen LogP contribution is -2.52. The Morgan fingerprint density at radius 1 is 1.12 bits per heavy atom. The molecule has 2 aromatic rings. The highest BCUT2D eigenvalue weighted by molar-refractivity contribution is 6.05. The second-order valence-corrected chi connectivity index (χ2v) is 8.85. The Balaban J connectivity index is 1.44. The molecule has 0 spiro atoms. The molecular formula is C24H26N4O4.